The van der Waals surface area contributed by atoms with Crippen molar-refractivity contribution in [2.45, 2.75) is 17.9 Å². The molecule has 1 aromatic rings. The number of hydrogen-bond donors (Lipinski definition) is 0. The number of hydrogen-bond acceptors (Lipinski definition) is 5. The SMILES string of the molecule is C[C@@H]1CN(C(=O)c2cccc(S(=O)(=O)N3CCOCC3)c2)CCO1. The van der Waals surface area contributed by atoms with Crippen molar-refractivity contribution in [1.29, 1.82) is 0 Å². The van der Waals surface area contributed by atoms with Gasteiger partial charge < -0.3 is 14.4 Å². The molecular weight excluding hydrogens is 332 g/mol. The van der Waals surface area contributed by atoms with Crippen molar-refractivity contribution in [3.05, 3.63) is 29.8 Å². The summed E-state index contributed by atoms with van der Waals surface area (Å²) in [4.78, 5) is 14.5. The first kappa shape index (κ1) is 17.3. The largest absolute Gasteiger partial charge is 0.379 e. The highest BCUT2D eigenvalue weighted by atomic mass is 32.2. The number of morpholine rings is 2. The number of amides is 1. The Kier molecular flexibility index (Phi) is 5.19. The van der Waals surface area contributed by atoms with Crippen molar-refractivity contribution in [3.63, 3.8) is 0 Å². The Balaban J connectivity index is 1.82. The van der Waals surface area contributed by atoms with Gasteiger partial charge >= 0.3 is 0 Å². The van der Waals surface area contributed by atoms with Gasteiger partial charge in [0.1, 0.15) is 0 Å². The molecular formula is C16H22N2O5S. The number of ether oxygens (including phenoxy) is 2. The van der Waals surface area contributed by atoms with Crippen molar-refractivity contribution in [3.8, 4) is 0 Å². The lowest BCUT2D eigenvalue weighted by molar-refractivity contribution is -0.0124. The summed E-state index contributed by atoms with van der Waals surface area (Å²) in [7, 11) is -3.60. The Bertz CT molecular complexity index is 700. The molecule has 7 nitrogen and oxygen atoms in total. The fourth-order valence-electron chi connectivity index (χ4n) is 2.91. The zero-order chi connectivity index (χ0) is 17.2. The van der Waals surface area contributed by atoms with Crippen LogP contribution in [0.15, 0.2) is 29.2 Å². The van der Waals surface area contributed by atoms with Gasteiger partial charge in [-0.05, 0) is 25.1 Å². The molecule has 0 spiro atoms. The standard InChI is InChI=1S/C16H22N2O5S/c1-13-12-17(5-10-23-13)16(19)14-3-2-4-15(11-14)24(20,21)18-6-8-22-9-7-18/h2-4,11,13H,5-10,12H2,1H3/t13-/m1/s1. The van der Waals surface area contributed by atoms with Crippen LogP contribution >= 0.6 is 0 Å². The van der Waals surface area contributed by atoms with Gasteiger partial charge in [0.2, 0.25) is 10.0 Å². The van der Waals surface area contributed by atoms with E-state index in [1.54, 1.807) is 17.0 Å². The predicted molar refractivity (Wildman–Crippen MR) is 87.3 cm³/mol. The molecule has 2 fully saturated rings. The molecule has 3 rings (SSSR count). The molecule has 1 atom stereocenters. The number of benzene rings is 1. The van der Waals surface area contributed by atoms with Crippen LogP contribution < -0.4 is 0 Å². The predicted octanol–water partition coefficient (Wildman–Crippen LogP) is 0.568. The average Bonchev–Trinajstić information content (AvgIpc) is 2.62. The molecule has 0 aliphatic carbocycles. The van der Waals surface area contributed by atoms with Crippen molar-refractivity contribution < 1.29 is 22.7 Å². The van der Waals surface area contributed by atoms with Crippen molar-refractivity contribution >= 4 is 15.9 Å². The smallest absolute Gasteiger partial charge is 0.254 e. The maximum Gasteiger partial charge on any atom is 0.254 e. The van der Waals surface area contributed by atoms with Crippen LogP contribution in [0.5, 0.6) is 0 Å². The molecule has 2 heterocycles. The lowest BCUT2D eigenvalue weighted by atomic mass is 10.2. The van der Waals surface area contributed by atoms with Gasteiger partial charge in [0.05, 0.1) is 30.8 Å². The van der Waals surface area contributed by atoms with Gasteiger partial charge in [0.15, 0.2) is 0 Å². The lowest BCUT2D eigenvalue weighted by Gasteiger charge is -2.31. The quantitative estimate of drug-likeness (QED) is 0.793. The topological polar surface area (TPSA) is 76.2 Å². The van der Waals surface area contributed by atoms with E-state index in [4.69, 9.17) is 9.47 Å². The molecule has 1 aromatic carbocycles. The molecule has 0 saturated carbocycles. The maximum atomic E-state index is 12.7. The highest BCUT2D eigenvalue weighted by molar-refractivity contribution is 7.89. The Morgan fingerprint density at radius 2 is 1.92 bits per heavy atom. The molecule has 0 radical (unpaired) electrons. The van der Waals surface area contributed by atoms with Crippen LogP contribution in [0.25, 0.3) is 0 Å². The molecule has 2 aliphatic rings. The highest BCUT2D eigenvalue weighted by Gasteiger charge is 2.28. The Labute approximate surface area is 142 Å². The van der Waals surface area contributed by atoms with Gasteiger partial charge in [-0.2, -0.15) is 4.31 Å². The maximum absolute atomic E-state index is 12.7. The minimum atomic E-state index is -3.60. The zero-order valence-electron chi connectivity index (χ0n) is 13.7. The number of rotatable bonds is 3. The van der Waals surface area contributed by atoms with Crippen molar-refractivity contribution in [2.75, 3.05) is 46.0 Å². The summed E-state index contributed by atoms with van der Waals surface area (Å²) in [6, 6.07) is 6.27. The minimum Gasteiger partial charge on any atom is -0.379 e. The van der Waals surface area contributed by atoms with Gasteiger partial charge in [0, 0.05) is 31.7 Å². The van der Waals surface area contributed by atoms with Crippen LogP contribution in [0.2, 0.25) is 0 Å². The molecule has 0 bridgehead atoms. The van der Waals surface area contributed by atoms with Gasteiger partial charge in [-0.15, -0.1) is 0 Å². The van der Waals surface area contributed by atoms with Gasteiger partial charge in [0.25, 0.3) is 5.91 Å². The number of carbonyl (C=O) groups is 1. The van der Waals surface area contributed by atoms with Crippen LogP contribution in [0.3, 0.4) is 0 Å². The summed E-state index contributed by atoms with van der Waals surface area (Å²) < 4.78 is 37.5. The van der Waals surface area contributed by atoms with E-state index in [0.29, 0.717) is 51.6 Å². The van der Waals surface area contributed by atoms with E-state index < -0.39 is 10.0 Å². The van der Waals surface area contributed by atoms with E-state index in [-0.39, 0.29) is 16.9 Å². The zero-order valence-corrected chi connectivity index (χ0v) is 14.5. The Hall–Kier alpha value is -1.48. The van der Waals surface area contributed by atoms with E-state index in [1.807, 2.05) is 6.92 Å². The second kappa shape index (κ2) is 7.18. The lowest BCUT2D eigenvalue weighted by Crippen LogP contribution is -2.44. The molecule has 0 N–H and O–H groups in total. The summed E-state index contributed by atoms with van der Waals surface area (Å²) in [5.41, 5.74) is 0.387. The number of sulfonamides is 1. The molecule has 0 aromatic heterocycles. The third-order valence-electron chi connectivity index (χ3n) is 4.22. The molecule has 1 amide bonds. The normalized spacial score (nSPS) is 23.2. The highest BCUT2D eigenvalue weighted by Crippen LogP contribution is 2.20. The number of nitrogens with zero attached hydrogens (tertiary/aromatic N) is 2. The van der Waals surface area contributed by atoms with E-state index >= 15 is 0 Å². The summed E-state index contributed by atoms with van der Waals surface area (Å²) in [5.74, 6) is -0.163. The first-order valence-corrected chi connectivity index (χ1v) is 9.51. The summed E-state index contributed by atoms with van der Waals surface area (Å²) in [5, 5.41) is 0. The second-order valence-electron chi connectivity index (χ2n) is 5.98. The van der Waals surface area contributed by atoms with E-state index in [9.17, 15) is 13.2 Å². The van der Waals surface area contributed by atoms with Crippen LogP contribution in [-0.2, 0) is 19.5 Å². The molecule has 0 unspecified atom stereocenters. The van der Waals surface area contributed by atoms with E-state index in [2.05, 4.69) is 0 Å². The molecule has 8 heteroatoms. The Morgan fingerprint density at radius 1 is 1.17 bits per heavy atom. The fraction of sp³-hybridized carbons (Fsp3) is 0.562. The van der Waals surface area contributed by atoms with Gasteiger partial charge in [-0.3, -0.25) is 4.79 Å². The molecule has 2 saturated heterocycles. The summed E-state index contributed by atoms with van der Waals surface area (Å²) in [6.45, 7) is 4.90. The third kappa shape index (κ3) is 3.61. The van der Waals surface area contributed by atoms with E-state index in [0.717, 1.165) is 0 Å². The second-order valence-corrected chi connectivity index (χ2v) is 7.91. The van der Waals surface area contributed by atoms with Crippen molar-refractivity contribution in [1.82, 2.24) is 9.21 Å². The third-order valence-corrected chi connectivity index (χ3v) is 6.11. The van der Waals surface area contributed by atoms with Crippen LogP contribution in [0.1, 0.15) is 17.3 Å². The first-order valence-electron chi connectivity index (χ1n) is 8.07. The Morgan fingerprint density at radius 3 is 2.62 bits per heavy atom. The molecule has 2 aliphatic heterocycles. The van der Waals surface area contributed by atoms with Crippen LogP contribution in [0.4, 0.5) is 0 Å². The van der Waals surface area contributed by atoms with Crippen LogP contribution in [0, 0.1) is 0 Å². The van der Waals surface area contributed by atoms with Crippen LogP contribution in [-0.4, -0.2) is 75.6 Å². The summed E-state index contributed by atoms with van der Waals surface area (Å²) in [6.07, 6.45) is -0.0111. The summed E-state index contributed by atoms with van der Waals surface area (Å²) >= 11 is 0. The van der Waals surface area contributed by atoms with E-state index in [1.165, 1.54) is 16.4 Å². The average molecular weight is 354 g/mol. The fourth-order valence-corrected chi connectivity index (χ4v) is 4.37. The van der Waals surface area contributed by atoms with Gasteiger partial charge in [-0.1, -0.05) is 6.07 Å². The molecule has 24 heavy (non-hydrogen) atoms. The molecule has 132 valence electrons. The first-order chi connectivity index (χ1) is 11.5. The number of carbonyl (C=O) groups excluding carboxylic acids is 1. The van der Waals surface area contributed by atoms with Crippen molar-refractivity contribution in [2.24, 2.45) is 0 Å². The van der Waals surface area contributed by atoms with Gasteiger partial charge in [-0.25, -0.2) is 8.42 Å². The monoisotopic (exact) mass is 354 g/mol. The minimum absolute atomic E-state index is 0.0111.